The Bertz CT molecular complexity index is 882. The van der Waals surface area contributed by atoms with Gasteiger partial charge in [-0.15, -0.1) is 0 Å². The molecule has 0 aliphatic carbocycles. The van der Waals surface area contributed by atoms with Crippen LogP contribution in [0.1, 0.15) is 21.6 Å². The van der Waals surface area contributed by atoms with Gasteiger partial charge in [0.25, 0.3) is 5.91 Å². The van der Waals surface area contributed by atoms with Crippen LogP contribution in [0.3, 0.4) is 0 Å². The van der Waals surface area contributed by atoms with Crippen LogP contribution in [-0.2, 0) is 6.42 Å². The van der Waals surface area contributed by atoms with Crippen molar-refractivity contribution in [2.45, 2.75) is 13.3 Å². The first-order chi connectivity index (χ1) is 12.6. The van der Waals surface area contributed by atoms with Crippen LogP contribution >= 0.6 is 11.6 Å². The third kappa shape index (κ3) is 4.80. The quantitative estimate of drug-likeness (QED) is 0.680. The van der Waals surface area contributed by atoms with Crippen molar-refractivity contribution in [1.82, 2.24) is 9.97 Å². The van der Waals surface area contributed by atoms with Gasteiger partial charge in [0.2, 0.25) is 0 Å². The van der Waals surface area contributed by atoms with Gasteiger partial charge in [0.1, 0.15) is 11.5 Å². The number of aromatic nitrogens is 2. The zero-order valence-corrected chi connectivity index (χ0v) is 15.1. The highest BCUT2D eigenvalue weighted by Crippen LogP contribution is 2.20. The van der Waals surface area contributed by atoms with Crippen molar-refractivity contribution < 1.29 is 4.79 Å². The predicted molar refractivity (Wildman–Crippen MR) is 105 cm³/mol. The highest BCUT2D eigenvalue weighted by molar-refractivity contribution is 6.31. The molecule has 0 fully saturated rings. The second-order valence-electron chi connectivity index (χ2n) is 5.86. The van der Waals surface area contributed by atoms with Crippen molar-refractivity contribution in [2.24, 2.45) is 0 Å². The highest BCUT2D eigenvalue weighted by atomic mass is 35.5. The molecule has 0 bridgehead atoms. The Morgan fingerprint density at radius 1 is 1.08 bits per heavy atom. The molecule has 3 rings (SSSR count). The number of rotatable bonds is 6. The number of amides is 1. The Labute approximate surface area is 157 Å². The maximum absolute atomic E-state index is 12.3. The normalized spacial score (nSPS) is 10.4. The van der Waals surface area contributed by atoms with Crippen LogP contribution in [0.25, 0.3) is 0 Å². The van der Waals surface area contributed by atoms with E-state index in [1.54, 1.807) is 18.3 Å². The van der Waals surface area contributed by atoms with Crippen LogP contribution in [0, 0.1) is 6.92 Å². The summed E-state index contributed by atoms with van der Waals surface area (Å²) in [7, 11) is 0. The summed E-state index contributed by atoms with van der Waals surface area (Å²) in [5.74, 6) is 0.315. The number of aryl methyl sites for hydroxylation is 1. The second kappa shape index (κ2) is 8.45. The number of hydrogen-bond donors (Lipinski definition) is 2. The average molecular weight is 367 g/mol. The summed E-state index contributed by atoms with van der Waals surface area (Å²) in [6.45, 7) is 2.64. The van der Waals surface area contributed by atoms with Gasteiger partial charge in [0.15, 0.2) is 0 Å². The zero-order chi connectivity index (χ0) is 18.4. The lowest BCUT2D eigenvalue weighted by molar-refractivity contribution is 0.102. The molecule has 0 radical (unpaired) electrons. The number of nitrogens with zero attached hydrogens (tertiary/aromatic N) is 2. The van der Waals surface area contributed by atoms with Crippen molar-refractivity contribution >= 4 is 29.0 Å². The van der Waals surface area contributed by atoms with Gasteiger partial charge in [-0.25, -0.2) is 9.97 Å². The van der Waals surface area contributed by atoms with Crippen LogP contribution < -0.4 is 10.6 Å². The molecule has 0 saturated carbocycles. The van der Waals surface area contributed by atoms with Crippen molar-refractivity contribution in [2.75, 3.05) is 17.2 Å². The van der Waals surface area contributed by atoms with E-state index in [0.717, 1.165) is 18.5 Å². The third-order valence-electron chi connectivity index (χ3n) is 3.89. The summed E-state index contributed by atoms with van der Waals surface area (Å²) >= 11 is 5.97. The molecule has 0 atom stereocenters. The summed E-state index contributed by atoms with van der Waals surface area (Å²) in [6.07, 6.45) is 3.91. The number of hydrogen-bond acceptors (Lipinski definition) is 4. The van der Waals surface area contributed by atoms with Crippen molar-refractivity contribution in [3.63, 3.8) is 0 Å². The molecule has 132 valence electrons. The number of nitrogens with one attached hydrogen (secondary N) is 2. The number of carbonyl (C=O) groups excluding carboxylic acids is 1. The molecule has 0 saturated heterocycles. The summed E-state index contributed by atoms with van der Waals surface area (Å²) in [4.78, 5) is 20.7. The number of anilines is 2. The molecule has 0 aliphatic heterocycles. The molecular weight excluding hydrogens is 348 g/mol. The van der Waals surface area contributed by atoms with Gasteiger partial charge in [-0.1, -0.05) is 48.0 Å². The van der Waals surface area contributed by atoms with E-state index in [2.05, 4.69) is 32.7 Å². The van der Waals surface area contributed by atoms with Gasteiger partial charge in [-0.2, -0.15) is 0 Å². The predicted octanol–water partition coefficient (Wildman–Crippen LogP) is 4.35. The van der Waals surface area contributed by atoms with Gasteiger partial charge in [0.05, 0.1) is 12.4 Å². The fourth-order valence-corrected chi connectivity index (χ4v) is 2.60. The van der Waals surface area contributed by atoms with Crippen molar-refractivity contribution in [3.8, 4) is 0 Å². The van der Waals surface area contributed by atoms with E-state index < -0.39 is 0 Å². The summed E-state index contributed by atoms with van der Waals surface area (Å²) < 4.78 is 0. The van der Waals surface area contributed by atoms with E-state index in [0.29, 0.717) is 16.5 Å². The molecule has 5 nitrogen and oxygen atoms in total. The summed E-state index contributed by atoms with van der Waals surface area (Å²) in [6, 6.07) is 15.5. The first-order valence-electron chi connectivity index (χ1n) is 8.29. The minimum atomic E-state index is -0.321. The molecule has 0 aliphatic rings. The Morgan fingerprint density at radius 2 is 1.88 bits per heavy atom. The SMILES string of the molecule is Cc1ccc(Cl)cc1NC(=O)c1cnc(NCCc2ccccc2)cn1. The van der Waals surface area contributed by atoms with Crippen LogP contribution in [0.5, 0.6) is 0 Å². The minimum absolute atomic E-state index is 0.248. The Kier molecular flexibility index (Phi) is 5.81. The molecule has 1 amide bonds. The largest absolute Gasteiger partial charge is 0.368 e. The van der Waals surface area contributed by atoms with Crippen molar-refractivity contribution in [3.05, 3.63) is 82.8 Å². The second-order valence-corrected chi connectivity index (χ2v) is 6.30. The van der Waals surface area contributed by atoms with Crippen molar-refractivity contribution in [1.29, 1.82) is 0 Å². The molecule has 0 unspecified atom stereocenters. The van der Waals surface area contributed by atoms with Gasteiger partial charge < -0.3 is 10.6 Å². The Morgan fingerprint density at radius 3 is 2.62 bits per heavy atom. The number of halogens is 1. The summed E-state index contributed by atoms with van der Waals surface area (Å²) in [5, 5.41) is 6.57. The maximum Gasteiger partial charge on any atom is 0.275 e. The van der Waals surface area contributed by atoms with Gasteiger partial charge in [-0.05, 0) is 36.6 Å². The first kappa shape index (κ1) is 17.9. The fourth-order valence-electron chi connectivity index (χ4n) is 2.43. The van der Waals surface area contributed by atoms with Crippen LogP contribution in [0.2, 0.25) is 5.02 Å². The Balaban J connectivity index is 1.56. The van der Waals surface area contributed by atoms with E-state index in [4.69, 9.17) is 11.6 Å². The standard InChI is InChI=1S/C20H19ClN4O/c1-14-7-8-16(21)11-17(14)25-20(26)18-12-24-19(13-23-18)22-10-9-15-5-3-2-4-6-15/h2-8,11-13H,9-10H2,1H3,(H,22,24)(H,25,26). The topological polar surface area (TPSA) is 66.9 Å². The molecule has 2 aromatic carbocycles. The van der Waals surface area contributed by atoms with E-state index in [1.165, 1.54) is 11.8 Å². The lowest BCUT2D eigenvalue weighted by Crippen LogP contribution is -2.15. The first-order valence-corrected chi connectivity index (χ1v) is 8.67. The molecule has 6 heteroatoms. The zero-order valence-electron chi connectivity index (χ0n) is 14.4. The van der Waals surface area contributed by atoms with E-state index in [1.807, 2.05) is 31.2 Å². The molecule has 1 aromatic heterocycles. The van der Waals surface area contributed by atoms with Gasteiger partial charge >= 0.3 is 0 Å². The Hall–Kier alpha value is -2.92. The van der Waals surface area contributed by atoms with Crippen LogP contribution in [0.15, 0.2) is 60.9 Å². The van der Waals surface area contributed by atoms with Gasteiger partial charge in [0, 0.05) is 17.3 Å². The maximum atomic E-state index is 12.3. The minimum Gasteiger partial charge on any atom is -0.368 e. The molecule has 26 heavy (non-hydrogen) atoms. The summed E-state index contributed by atoms with van der Waals surface area (Å²) in [5.41, 5.74) is 3.09. The lowest BCUT2D eigenvalue weighted by atomic mass is 10.1. The molecular formula is C20H19ClN4O. The van der Waals surface area contributed by atoms with Crippen LogP contribution in [-0.4, -0.2) is 22.4 Å². The molecule has 1 heterocycles. The molecule has 0 spiro atoms. The van der Waals surface area contributed by atoms with Crippen LogP contribution in [0.4, 0.5) is 11.5 Å². The fraction of sp³-hybridized carbons (Fsp3) is 0.150. The highest BCUT2D eigenvalue weighted by Gasteiger charge is 2.10. The van der Waals surface area contributed by atoms with E-state index >= 15 is 0 Å². The van der Waals surface area contributed by atoms with E-state index in [9.17, 15) is 4.79 Å². The van der Waals surface area contributed by atoms with E-state index in [-0.39, 0.29) is 11.6 Å². The smallest absolute Gasteiger partial charge is 0.275 e. The third-order valence-corrected chi connectivity index (χ3v) is 4.13. The molecule has 3 aromatic rings. The number of benzene rings is 2. The molecule has 2 N–H and O–H groups in total. The lowest BCUT2D eigenvalue weighted by Gasteiger charge is -2.09. The average Bonchev–Trinajstić information content (AvgIpc) is 2.66. The van der Waals surface area contributed by atoms with Gasteiger partial charge in [-0.3, -0.25) is 4.79 Å². The monoisotopic (exact) mass is 366 g/mol. The number of carbonyl (C=O) groups is 1.